The molecule has 0 unspecified atom stereocenters. The number of amides is 1. The molecule has 3 rings (SSSR count). The lowest BCUT2D eigenvalue weighted by Gasteiger charge is -2.09. The smallest absolute Gasteiger partial charge is 0.260 e. The first-order valence-corrected chi connectivity index (χ1v) is 10.8. The monoisotopic (exact) mass is 459 g/mol. The van der Waals surface area contributed by atoms with E-state index in [1.54, 1.807) is 6.07 Å². The number of carbonyl (C=O) groups is 1. The second kappa shape index (κ2) is 11.0. The maximum absolute atomic E-state index is 14.0. The van der Waals surface area contributed by atoms with E-state index in [4.69, 9.17) is 17.3 Å². The molecule has 0 bridgehead atoms. The molecule has 0 aliphatic carbocycles. The van der Waals surface area contributed by atoms with Crippen LogP contribution in [-0.2, 0) is 4.57 Å². The summed E-state index contributed by atoms with van der Waals surface area (Å²) in [6.07, 6.45) is 4.20. The number of H-pyrrole nitrogens is 1. The van der Waals surface area contributed by atoms with Crippen molar-refractivity contribution in [2.24, 2.45) is 0 Å². The van der Waals surface area contributed by atoms with Crippen molar-refractivity contribution in [1.82, 2.24) is 15.2 Å². The third kappa shape index (κ3) is 5.85. The van der Waals surface area contributed by atoms with E-state index in [0.29, 0.717) is 23.9 Å². The van der Waals surface area contributed by atoms with Crippen LogP contribution in [0, 0.1) is 5.82 Å². The van der Waals surface area contributed by atoms with Crippen LogP contribution in [0.3, 0.4) is 0 Å². The number of halogens is 3. The molecule has 0 spiro atoms. The van der Waals surface area contributed by atoms with E-state index >= 15 is 0 Å². The Hall–Kier alpha value is -2.29. The van der Waals surface area contributed by atoms with Gasteiger partial charge in [-0.1, -0.05) is 11.6 Å². The molecule has 0 aliphatic heterocycles. The molecule has 7 nitrogen and oxygen atoms in total. The predicted molar refractivity (Wildman–Crippen MR) is 113 cm³/mol. The fraction of sp³-hybridized carbons (Fsp3) is 0.235. The zero-order valence-electron chi connectivity index (χ0n) is 15.2. The van der Waals surface area contributed by atoms with Crippen molar-refractivity contribution >= 4 is 60.1 Å². The number of fused-ring (bicyclic) bond motifs is 1. The largest absolute Gasteiger partial charge is 0.396 e. The van der Waals surface area contributed by atoms with Gasteiger partial charge in [0.15, 0.2) is 19.9 Å². The van der Waals surface area contributed by atoms with Gasteiger partial charge in [0.25, 0.3) is 5.91 Å². The normalized spacial score (nSPS) is 10.6. The zero-order valence-corrected chi connectivity index (χ0v) is 17.7. The van der Waals surface area contributed by atoms with E-state index in [-0.39, 0.29) is 31.4 Å². The van der Waals surface area contributed by atoms with Crippen LogP contribution < -0.4 is 11.1 Å². The Bertz CT molecular complexity index is 1020. The molecule has 29 heavy (non-hydrogen) atoms. The number of thioether (sulfide) groups is 1. The van der Waals surface area contributed by atoms with Gasteiger partial charge in [-0.15, -0.1) is 11.8 Å². The van der Waals surface area contributed by atoms with E-state index in [9.17, 15) is 18.1 Å². The van der Waals surface area contributed by atoms with E-state index in [0.717, 1.165) is 10.4 Å². The second-order valence-corrected chi connectivity index (χ2v) is 7.44. The number of rotatable bonds is 6. The van der Waals surface area contributed by atoms with Gasteiger partial charge in [-0.2, -0.15) is 5.10 Å². The molecular formula is C17H17ClF2N5O2PS. The highest BCUT2D eigenvalue weighted by Crippen LogP contribution is 2.27. The van der Waals surface area contributed by atoms with Gasteiger partial charge in [0.2, 0.25) is 0 Å². The van der Waals surface area contributed by atoms with Crippen LogP contribution in [0.2, 0.25) is 5.02 Å². The van der Waals surface area contributed by atoms with Crippen LogP contribution >= 0.6 is 31.8 Å². The summed E-state index contributed by atoms with van der Waals surface area (Å²) >= 11 is 7.34. The number of hydrogen-bond acceptors (Lipinski definition) is 6. The maximum atomic E-state index is 14.0. The fourth-order valence-corrected chi connectivity index (χ4v) is 3.19. The molecular weight excluding hydrogens is 443 g/mol. The number of carbonyl (C=O) groups excluding carboxylic acids is 1. The molecule has 1 amide bonds. The van der Waals surface area contributed by atoms with Gasteiger partial charge in [0, 0.05) is 6.16 Å². The van der Waals surface area contributed by atoms with Crippen molar-refractivity contribution in [2.75, 3.05) is 30.1 Å². The minimum atomic E-state index is -0.850. The first-order valence-electron chi connectivity index (χ1n) is 8.20. The summed E-state index contributed by atoms with van der Waals surface area (Å²) in [5, 5.41) is 10.9. The van der Waals surface area contributed by atoms with Crippen molar-refractivity contribution < 1.29 is 18.1 Å². The maximum Gasteiger partial charge on any atom is 0.260 e. The lowest BCUT2D eigenvalue weighted by atomic mass is 10.1. The third-order valence-corrected chi connectivity index (χ3v) is 5.08. The summed E-state index contributed by atoms with van der Waals surface area (Å²) in [6, 6.07) is 4.38. The molecule has 0 aliphatic rings. The first kappa shape index (κ1) is 23.0. The summed E-state index contributed by atoms with van der Waals surface area (Å²) < 4.78 is 34.6. The third-order valence-electron chi connectivity index (χ3n) is 3.56. The van der Waals surface area contributed by atoms with Gasteiger partial charge in [-0.3, -0.25) is 18.8 Å². The average Bonchev–Trinajstić information content (AvgIpc) is 3.12. The van der Waals surface area contributed by atoms with Gasteiger partial charge in [0.1, 0.15) is 5.03 Å². The number of aromatic nitrogens is 3. The highest BCUT2D eigenvalue weighted by Gasteiger charge is 2.19. The number of nitrogen functional groups attached to an aromatic ring is 1. The van der Waals surface area contributed by atoms with Crippen molar-refractivity contribution in [3.05, 3.63) is 40.8 Å². The number of benzene rings is 1. The average molecular weight is 460 g/mol. The van der Waals surface area contributed by atoms with Crippen LogP contribution in [0.15, 0.2) is 29.4 Å². The highest BCUT2D eigenvalue weighted by atomic mass is 35.5. The minimum Gasteiger partial charge on any atom is -0.396 e. The number of hydrogen-bond donors (Lipinski definition) is 3. The van der Waals surface area contributed by atoms with Crippen molar-refractivity contribution in [1.29, 1.82) is 0 Å². The lowest BCUT2D eigenvalue weighted by molar-refractivity contribution is 0.102. The second-order valence-electron chi connectivity index (χ2n) is 5.53. The van der Waals surface area contributed by atoms with Gasteiger partial charge < -0.3 is 11.1 Å². The SMILES string of the molecule is CSc1n[nH]c2ncc(NC(=O)c3c(Cl)ccc(N)c3F)cc12.O=PCCCF. The van der Waals surface area contributed by atoms with Crippen molar-refractivity contribution in [3.8, 4) is 0 Å². The molecule has 4 N–H and O–H groups in total. The van der Waals surface area contributed by atoms with Crippen LogP contribution in [0.25, 0.3) is 11.0 Å². The Labute approximate surface area is 176 Å². The molecule has 12 heteroatoms. The van der Waals surface area contributed by atoms with Gasteiger partial charge in [-0.25, -0.2) is 9.37 Å². The fourth-order valence-electron chi connectivity index (χ4n) is 2.20. The standard InChI is InChI=1S/C14H11ClFN5OS.C3H6FOP/c1-23-14-7-4-6(5-18-12(7)20-21-14)19-13(22)10-8(15)2-3-9(17)11(10)16;4-2-1-3-6-5/h2-5H,17H2,1H3,(H,19,22)(H,18,20,21);1-3H2. The van der Waals surface area contributed by atoms with Crippen LogP contribution in [0.5, 0.6) is 0 Å². The quantitative estimate of drug-likeness (QED) is 0.208. The van der Waals surface area contributed by atoms with E-state index in [1.807, 2.05) is 6.26 Å². The van der Waals surface area contributed by atoms with Crippen molar-refractivity contribution in [3.63, 3.8) is 0 Å². The Morgan fingerprint density at radius 2 is 2.21 bits per heavy atom. The molecule has 0 radical (unpaired) electrons. The topological polar surface area (TPSA) is 114 Å². The van der Waals surface area contributed by atoms with Crippen LogP contribution in [0.1, 0.15) is 16.8 Å². The molecule has 0 atom stereocenters. The van der Waals surface area contributed by atoms with E-state index in [2.05, 4.69) is 20.5 Å². The zero-order chi connectivity index (χ0) is 21.4. The summed E-state index contributed by atoms with van der Waals surface area (Å²) in [5.74, 6) is -1.55. The number of nitrogens with one attached hydrogen (secondary N) is 2. The Morgan fingerprint density at radius 3 is 2.83 bits per heavy atom. The minimum absolute atomic E-state index is 0.0173. The molecule has 0 fully saturated rings. The summed E-state index contributed by atoms with van der Waals surface area (Å²) in [7, 11) is 0.0554. The number of alkyl halides is 1. The Kier molecular flexibility index (Phi) is 8.75. The van der Waals surface area contributed by atoms with Gasteiger partial charge in [0.05, 0.1) is 40.2 Å². The summed E-state index contributed by atoms with van der Waals surface area (Å²) in [5.41, 5.74) is 6.03. The predicted octanol–water partition coefficient (Wildman–Crippen LogP) is 4.94. The summed E-state index contributed by atoms with van der Waals surface area (Å²) in [4.78, 5) is 16.5. The number of nitrogens with zero attached hydrogens (tertiary/aromatic N) is 2. The number of nitrogens with two attached hydrogens (primary N) is 1. The molecule has 154 valence electrons. The van der Waals surface area contributed by atoms with Gasteiger partial charge in [-0.05, 0) is 30.9 Å². The van der Waals surface area contributed by atoms with Crippen LogP contribution in [0.4, 0.5) is 20.2 Å². The summed E-state index contributed by atoms with van der Waals surface area (Å²) in [6.45, 7) is -0.352. The lowest BCUT2D eigenvalue weighted by Crippen LogP contribution is -2.15. The van der Waals surface area contributed by atoms with Crippen LogP contribution in [-0.4, -0.2) is 40.2 Å². The van der Waals surface area contributed by atoms with Crippen molar-refractivity contribution in [2.45, 2.75) is 11.4 Å². The number of anilines is 2. The number of pyridine rings is 1. The Balaban J connectivity index is 0.000000438. The molecule has 2 heterocycles. The van der Waals surface area contributed by atoms with E-state index in [1.165, 1.54) is 30.1 Å². The Morgan fingerprint density at radius 1 is 1.45 bits per heavy atom. The highest BCUT2D eigenvalue weighted by molar-refractivity contribution is 7.98. The van der Waals surface area contributed by atoms with E-state index < -0.39 is 11.7 Å². The molecule has 2 aromatic heterocycles. The first-order chi connectivity index (χ1) is 13.9. The molecule has 0 saturated heterocycles. The molecule has 3 aromatic rings. The molecule has 1 aromatic carbocycles. The molecule has 0 saturated carbocycles. The number of aromatic amines is 1. The van der Waals surface area contributed by atoms with Gasteiger partial charge >= 0.3 is 0 Å².